The smallest absolute Gasteiger partial charge is 0.287 e. The van der Waals surface area contributed by atoms with Crippen LogP contribution in [0.1, 0.15) is 27.6 Å². The van der Waals surface area contributed by atoms with Gasteiger partial charge in [0.2, 0.25) is 11.7 Å². The van der Waals surface area contributed by atoms with Gasteiger partial charge in [-0.25, -0.2) is 0 Å². The Balaban J connectivity index is 1.44. The highest BCUT2D eigenvalue weighted by atomic mass is 16.5. The van der Waals surface area contributed by atoms with Gasteiger partial charge in [-0.15, -0.1) is 0 Å². The number of nitrogens with one attached hydrogen (secondary N) is 1. The zero-order valence-corrected chi connectivity index (χ0v) is 16.1. The Morgan fingerprint density at radius 3 is 2.69 bits per heavy atom. The van der Waals surface area contributed by atoms with Gasteiger partial charge in [0.15, 0.2) is 11.2 Å². The van der Waals surface area contributed by atoms with Crippen molar-refractivity contribution in [2.24, 2.45) is 0 Å². The molecule has 4 rings (SSSR count). The normalized spacial score (nSPS) is 11.0. The van der Waals surface area contributed by atoms with Crippen molar-refractivity contribution in [2.75, 3.05) is 6.54 Å². The van der Waals surface area contributed by atoms with Crippen molar-refractivity contribution in [2.45, 2.75) is 20.3 Å². The summed E-state index contributed by atoms with van der Waals surface area (Å²) in [6.07, 6.45) is 0.363. The molecule has 0 aliphatic rings. The molecule has 0 aliphatic heterocycles. The van der Waals surface area contributed by atoms with Gasteiger partial charge in [0, 0.05) is 24.6 Å². The number of amides is 1. The van der Waals surface area contributed by atoms with Crippen LogP contribution in [0, 0.1) is 13.8 Å². The largest absolute Gasteiger partial charge is 0.451 e. The van der Waals surface area contributed by atoms with Gasteiger partial charge in [0.25, 0.3) is 5.91 Å². The molecule has 2 aromatic heterocycles. The summed E-state index contributed by atoms with van der Waals surface area (Å²) < 4.78 is 10.9. The first-order valence-electron chi connectivity index (χ1n) is 9.22. The van der Waals surface area contributed by atoms with E-state index in [4.69, 9.17) is 8.94 Å². The van der Waals surface area contributed by atoms with Crippen LogP contribution in [-0.2, 0) is 6.42 Å². The summed E-state index contributed by atoms with van der Waals surface area (Å²) >= 11 is 0. The van der Waals surface area contributed by atoms with E-state index < -0.39 is 5.91 Å². The van der Waals surface area contributed by atoms with Gasteiger partial charge in [-0.2, -0.15) is 4.98 Å². The van der Waals surface area contributed by atoms with E-state index >= 15 is 0 Å². The molecule has 0 unspecified atom stereocenters. The minimum atomic E-state index is -0.467. The second-order valence-electron chi connectivity index (χ2n) is 6.81. The van der Waals surface area contributed by atoms with Crippen LogP contribution in [0.2, 0.25) is 0 Å². The number of nitrogens with zero attached hydrogens (tertiary/aromatic N) is 2. The lowest BCUT2D eigenvalue weighted by molar-refractivity contribution is 0.0926. The molecule has 4 aromatic rings. The lowest BCUT2D eigenvalue weighted by Crippen LogP contribution is -2.26. The Bertz CT molecular complexity index is 1240. The summed E-state index contributed by atoms with van der Waals surface area (Å²) in [6.45, 7) is 4.03. The highest BCUT2D eigenvalue weighted by Gasteiger charge is 2.14. The Morgan fingerprint density at radius 2 is 1.90 bits per heavy atom. The maximum absolute atomic E-state index is 12.4. The predicted molar refractivity (Wildman–Crippen MR) is 108 cm³/mol. The zero-order valence-electron chi connectivity index (χ0n) is 16.1. The fraction of sp³-hybridized carbons (Fsp3) is 0.182. The Morgan fingerprint density at radius 1 is 1.10 bits per heavy atom. The third-order valence-corrected chi connectivity index (χ3v) is 4.52. The van der Waals surface area contributed by atoms with E-state index in [1.165, 1.54) is 6.07 Å². The number of benzene rings is 2. The van der Waals surface area contributed by atoms with E-state index in [-0.39, 0.29) is 17.7 Å². The summed E-state index contributed by atoms with van der Waals surface area (Å²) in [4.78, 5) is 29.1. The number of carbonyl (C=O) groups is 1. The molecule has 0 saturated heterocycles. The van der Waals surface area contributed by atoms with E-state index in [2.05, 4.69) is 15.5 Å². The number of aromatic nitrogens is 2. The minimum Gasteiger partial charge on any atom is -0.451 e. The third kappa shape index (κ3) is 3.94. The fourth-order valence-corrected chi connectivity index (χ4v) is 3.21. The standard InChI is InChI=1S/C22H19N3O4/c1-13-10-14(2)20-16(26)12-18(28-17(20)11-13)22(27)23-9-8-19-24-21(25-29-19)15-6-4-3-5-7-15/h3-7,10-12H,8-9H2,1-2H3,(H,23,27). The molecule has 2 heterocycles. The van der Waals surface area contributed by atoms with E-state index in [1.807, 2.05) is 50.2 Å². The van der Waals surface area contributed by atoms with Gasteiger partial charge >= 0.3 is 0 Å². The van der Waals surface area contributed by atoms with Crippen LogP contribution in [0.5, 0.6) is 0 Å². The molecule has 2 aromatic carbocycles. The van der Waals surface area contributed by atoms with Crippen LogP contribution in [-0.4, -0.2) is 22.6 Å². The SMILES string of the molecule is Cc1cc(C)c2c(=O)cc(C(=O)NCCc3nc(-c4ccccc4)no3)oc2c1. The molecular formula is C22H19N3O4. The Hall–Kier alpha value is -3.74. The van der Waals surface area contributed by atoms with E-state index in [0.717, 1.165) is 16.7 Å². The molecule has 0 bridgehead atoms. The molecule has 29 heavy (non-hydrogen) atoms. The first-order chi connectivity index (χ1) is 14.0. The quantitative estimate of drug-likeness (QED) is 0.561. The number of hydrogen-bond acceptors (Lipinski definition) is 6. The minimum absolute atomic E-state index is 0.0250. The molecule has 0 atom stereocenters. The van der Waals surface area contributed by atoms with Crippen LogP contribution in [0.25, 0.3) is 22.4 Å². The topological polar surface area (TPSA) is 98.2 Å². The van der Waals surface area contributed by atoms with Crippen molar-refractivity contribution in [1.29, 1.82) is 0 Å². The third-order valence-electron chi connectivity index (χ3n) is 4.52. The maximum atomic E-state index is 12.4. The fourth-order valence-electron chi connectivity index (χ4n) is 3.21. The van der Waals surface area contributed by atoms with Crippen molar-refractivity contribution in [3.8, 4) is 11.4 Å². The van der Waals surface area contributed by atoms with Crippen LogP contribution >= 0.6 is 0 Å². The number of carbonyl (C=O) groups excluding carboxylic acids is 1. The van der Waals surface area contributed by atoms with Crippen LogP contribution in [0.15, 0.2) is 62.3 Å². The summed E-state index contributed by atoms with van der Waals surface area (Å²) in [6, 6.07) is 14.4. The molecule has 1 amide bonds. The molecule has 0 aliphatic carbocycles. The number of aryl methyl sites for hydroxylation is 2. The van der Waals surface area contributed by atoms with Crippen molar-refractivity contribution in [3.63, 3.8) is 0 Å². The van der Waals surface area contributed by atoms with Gasteiger partial charge in [0.1, 0.15) is 5.58 Å². The van der Waals surface area contributed by atoms with Gasteiger partial charge in [-0.3, -0.25) is 9.59 Å². The Labute approximate surface area is 166 Å². The average molecular weight is 389 g/mol. The maximum Gasteiger partial charge on any atom is 0.287 e. The second kappa shape index (κ2) is 7.71. The molecule has 146 valence electrons. The van der Waals surface area contributed by atoms with Crippen LogP contribution in [0.3, 0.4) is 0 Å². The van der Waals surface area contributed by atoms with Crippen molar-refractivity contribution < 1.29 is 13.7 Å². The highest BCUT2D eigenvalue weighted by Crippen LogP contribution is 2.19. The highest BCUT2D eigenvalue weighted by molar-refractivity contribution is 5.93. The molecule has 0 spiro atoms. The van der Waals surface area contributed by atoms with Crippen molar-refractivity contribution >= 4 is 16.9 Å². The molecule has 0 saturated carbocycles. The lowest BCUT2D eigenvalue weighted by atomic mass is 10.1. The predicted octanol–water partition coefficient (Wildman–Crippen LogP) is 3.43. The second-order valence-corrected chi connectivity index (χ2v) is 6.81. The summed E-state index contributed by atoms with van der Waals surface area (Å²) in [5, 5.41) is 7.16. The lowest BCUT2D eigenvalue weighted by Gasteiger charge is -2.06. The molecule has 7 heteroatoms. The van der Waals surface area contributed by atoms with Gasteiger partial charge in [-0.1, -0.05) is 41.6 Å². The monoisotopic (exact) mass is 389 g/mol. The first kappa shape index (κ1) is 18.6. The molecule has 0 fully saturated rings. The first-order valence-corrected chi connectivity index (χ1v) is 9.22. The molecule has 7 nitrogen and oxygen atoms in total. The van der Waals surface area contributed by atoms with E-state index in [1.54, 1.807) is 6.07 Å². The number of fused-ring (bicyclic) bond motifs is 1. The van der Waals surface area contributed by atoms with Crippen molar-refractivity contribution in [3.05, 3.63) is 81.5 Å². The molecular weight excluding hydrogens is 370 g/mol. The zero-order chi connectivity index (χ0) is 20.4. The number of rotatable bonds is 5. The van der Waals surface area contributed by atoms with Gasteiger partial charge in [-0.05, 0) is 31.0 Å². The van der Waals surface area contributed by atoms with E-state index in [9.17, 15) is 9.59 Å². The van der Waals surface area contributed by atoms with Gasteiger partial charge in [0.05, 0.1) is 5.39 Å². The van der Waals surface area contributed by atoms with Crippen LogP contribution in [0.4, 0.5) is 0 Å². The number of hydrogen-bond donors (Lipinski definition) is 1. The summed E-state index contributed by atoms with van der Waals surface area (Å²) in [5.74, 6) is 0.419. The Kier molecular flexibility index (Phi) is 4.95. The average Bonchev–Trinajstić information content (AvgIpc) is 3.16. The van der Waals surface area contributed by atoms with Gasteiger partial charge < -0.3 is 14.3 Å². The van der Waals surface area contributed by atoms with Crippen LogP contribution < -0.4 is 10.7 Å². The molecule has 0 radical (unpaired) electrons. The van der Waals surface area contributed by atoms with Crippen molar-refractivity contribution in [1.82, 2.24) is 15.5 Å². The summed E-state index contributed by atoms with van der Waals surface area (Å²) in [5.41, 5.74) is 2.81. The molecule has 1 N–H and O–H groups in total. The van der Waals surface area contributed by atoms with E-state index in [0.29, 0.717) is 29.1 Å². The summed E-state index contributed by atoms with van der Waals surface area (Å²) in [7, 11) is 0.